The van der Waals surface area contributed by atoms with Crippen LogP contribution in [0.5, 0.6) is 0 Å². The summed E-state index contributed by atoms with van der Waals surface area (Å²) in [6.45, 7) is 2.05. The van der Waals surface area contributed by atoms with Crippen LogP contribution in [0.1, 0.15) is 0 Å². The van der Waals surface area contributed by atoms with E-state index >= 15 is 0 Å². The zero-order valence-corrected chi connectivity index (χ0v) is 11.5. The Morgan fingerprint density at radius 3 is 2.24 bits per heavy atom. The Morgan fingerprint density at radius 1 is 0.905 bits per heavy atom. The van der Waals surface area contributed by atoms with E-state index in [0.717, 1.165) is 5.69 Å². The number of carbonyl (C=O) groups excluding carboxylic acids is 2. The third-order valence-corrected chi connectivity index (χ3v) is 3.84. The number of carbonyl (C=O) groups is 2. The van der Waals surface area contributed by atoms with E-state index in [1.807, 2.05) is 12.1 Å². The van der Waals surface area contributed by atoms with Gasteiger partial charge in [-0.05, 0) is 22.9 Å². The van der Waals surface area contributed by atoms with Crippen LogP contribution in [0.25, 0.3) is 10.8 Å². The fourth-order valence-electron chi connectivity index (χ4n) is 2.67. The predicted octanol–water partition coefficient (Wildman–Crippen LogP) is 0.238. The number of nitrogens with zero attached hydrogens (tertiary/aromatic N) is 2. The summed E-state index contributed by atoms with van der Waals surface area (Å²) < 4.78 is 0. The molecule has 108 valence electrons. The summed E-state index contributed by atoms with van der Waals surface area (Å²) in [5.74, 6) is -2.55. The molecular formula is C16H15N2O3-. The summed E-state index contributed by atoms with van der Waals surface area (Å²) in [5, 5.41) is 12.9. The molecule has 3 rings (SSSR count). The largest absolute Gasteiger partial charge is 0.540 e. The van der Waals surface area contributed by atoms with Crippen LogP contribution in [0.3, 0.4) is 0 Å². The second-order valence-electron chi connectivity index (χ2n) is 5.10. The van der Waals surface area contributed by atoms with Crippen LogP contribution in [0.2, 0.25) is 0 Å². The van der Waals surface area contributed by atoms with Gasteiger partial charge in [-0.1, -0.05) is 30.3 Å². The molecule has 0 spiro atoms. The minimum atomic E-state index is -1.63. The average Bonchev–Trinajstić information content (AvgIpc) is 2.54. The van der Waals surface area contributed by atoms with Gasteiger partial charge < -0.3 is 19.7 Å². The minimum absolute atomic E-state index is 0.402. The Balaban J connectivity index is 1.73. The first-order chi connectivity index (χ1) is 10.1. The van der Waals surface area contributed by atoms with Crippen molar-refractivity contribution in [1.82, 2.24) is 4.90 Å². The zero-order valence-electron chi connectivity index (χ0n) is 11.5. The lowest BCUT2D eigenvalue weighted by Gasteiger charge is -2.36. The second kappa shape index (κ2) is 5.44. The van der Waals surface area contributed by atoms with E-state index in [1.54, 1.807) is 0 Å². The average molecular weight is 283 g/mol. The topological polar surface area (TPSA) is 63.7 Å². The van der Waals surface area contributed by atoms with E-state index in [4.69, 9.17) is 0 Å². The van der Waals surface area contributed by atoms with Crippen molar-refractivity contribution < 1.29 is 14.7 Å². The van der Waals surface area contributed by atoms with Crippen molar-refractivity contribution in [2.24, 2.45) is 0 Å². The summed E-state index contributed by atoms with van der Waals surface area (Å²) in [6, 6.07) is 14.4. The van der Waals surface area contributed by atoms with Crippen molar-refractivity contribution in [3.8, 4) is 0 Å². The van der Waals surface area contributed by atoms with Crippen LogP contribution in [-0.2, 0) is 9.59 Å². The summed E-state index contributed by atoms with van der Waals surface area (Å²) >= 11 is 0. The minimum Gasteiger partial charge on any atom is -0.540 e. The number of benzene rings is 2. The molecule has 0 aromatic heterocycles. The van der Waals surface area contributed by atoms with Gasteiger partial charge in [-0.2, -0.15) is 0 Å². The highest BCUT2D eigenvalue weighted by Crippen LogP contribution is 2.23. The number of aliphatic carboxylic acids is 1. The molecular weight excluding hydrogens is 268 g/mol. The van der Waals surface area contributed by atoms with Crippen molar-refractivity contribution >= 4 is 28.3 Å². The third kappa shape index (κ3) is 2.67. The Bertz CT molecular complexity index is 691. The molecule has 1 aliphatic rings. The molecule has 1 fully saturated rings. The quantitative estimate of drug-likeness (QED) is 0.703. The van der Waals surface area contributed by atoms with Gasteiger partial charge in [-0.25, -0.2) is 0 Å². The van der Waals surface area contributed by atoms with Gasteiger partial charge >= 0.3 is 0 Å². The van der Waals surface area contributed by atoms with E-state index < -0.39 is 11.9 Å². The molecule has 2 aromatic carbocycles. The number of hydrogen-bond donors (Lipinski definition) is 0. The van der Waals surface area contributed by atoms with Crippen LogP contribution < -0.4 is 10.0 Å². The van der Waals surface area contributed by atoms with Gasteiger partial charge in [0.1, 0.15) is 5.97 Å². The predicted molar refractivity (Wildman–Crippen MR) is 77.7 cm³/mol. The number of piperazine rings is 1. The number of fused-ring (bicyclic) bond motifs is 1. The molecule has 0 radical (unpaired) electrons. The fraction of sp³-hybridized carbons (Fsp3) is 0.250. The zero-order chi connectivity index (χ0) is 14.8. The van der Waals surface area contributed by atoms with Crippen LogP contribution in [0.4, 0.5) is 5.69 Å². The molecule has 0 saturated carbocycles. The lowest BCUT2D eigenvalue weighted by atomic mass is 10.1. The Morgan fingerprint density at radius 2 is 1.57 bits per heavy atom. The normalized spacial score (nSPS) is 15.2. The van der Waals surface area contributed by atoms with E-state index in [-0.39, 0.29) is 0 Å². The van der Waals surface area contributed by atoms with E-state index in [1.165, 1.54) is 15.7 Å². The summed E-state index contributed by atoms with van der Waals surface area (Å²) in [4.78, 5) is 25.4. The molecule has 0 atom stereocenters. The van der Waals surface area contributed by atoms with Gasteiger partial charge in [0, 0.05) is 31.9 Å². The lowest BCUT2D eigenvalue weighted by molar-refractivity contribution is -0.301. The number of hydrogen-bond acceptors (Lipinski definition) is 4. The first-order valence-electron chi connectivity index (χ1n) is 6.89. The Hall–Kier alpha value is -2.56. The summed E-state index contributed by atoms with van der Waals surface area (Å²) in [6.07, 6.45) is 0. The Labute approximate surface area is 122 Å². The summed E-state index contributed by atoms with van der Waals surface area (Å²) in [7, 11) is 0. The standard InChI is InChI=1S/C16H16N2O3/c19-15(16(20)21)18-9-7-17(8-10-18)14-6-5-12-3-1-2-4-13(12)11-14/h1-6,11H,7-10H2,(H,20,21)/p-1. The van der Waals surface area contributed by atoms with Crippen LogP contribution in [0, 0.1) is 0 Å². The molecule has 1 aliphatic heterocycles. The van der Waals surface area contributed by atoms with Crippen molar-refractivity contribution in [3.63, 3.8) is 0 Å². The maximum Gasteiger partial charge on any atom is 0.269 e. The van der Waals surface area contributed by atoms with Crippen molar-refractivity contribution in [3.05, 3.63) is 42.5 Å². The maximum atomic E-state index is 11.4. The smallest absolute Gasteiger partial charge is 0.269 e. The molecule has 0 N–H and O–H groups in total. The highest BCUT2D eigenvalue weighted by atomic mass is 16.4. The van der Waals surface area contributed by atoms with Crippen molar-refractivity contribution in [2.75, 3.05) is 31.1 Å². The number of rotatable bonds is 1. The van der Waals surface area contributed by atoms with Crippen LogP contribution >= 0.6 is 0 Å². The number of carboxylic acid groups (broad SMARTS) is 1. The molecule has 21 heavy (non-hydrogen) atoms. The van der Waals surface area contributed by atoms with E-state index in [2.05, 4.69) is 35.2 Å². The molecule has 0 aliphatic carbocycles. The molecule has 1 heterocycles. The van der Waals surface area contributed by atoms with Gasteiger partial charge in [0.2, 0.25) is 0 Å². The molecule has 5 heteroatoms. The van der Waals surface area contributed by atoms with Gasteiger partial charge in [-0.15, -0.1) is 0 Å². The SMILES string of the molecule is O=C([O-])C(=O)N1CCN(c2ccc3ccccc3c2)CC1. The van der Waals surface area contributed by atoms with Crippen LogP contribution in [-0.4, -0.2) is 43.0 Å². The third-order valence-electron chi connectivity index (χ3n) is 3.84. The molecule has 2 aromatic rings. The second-order valence-corrected chi connectivity index (χ2v) is 5.10. The first-order valence-corrected chi connectivity index (χ1v) is 6.89. The highest BCUT2D eigenvalue weighted by molar-refractivity contribution is 6.30. The molecule has 1 saturated heterocycles. The number of amides is 1. The summed E-state index contributed by atoms with van der Waals surface area (Å²) in [5.41, 5.74) is 1.09. The monoisotopic (exact) mass is 283 g/mol. The fourth-order valence-corrected chi connectivity index (χ4v) is 2.67. The lowest BCUT2D eigenvalue weighted by Crippen LogP contribution is -2.53. The molecule has 5 nitrogen and oxygen atoms in total. The van der Waals surface area contributed by atoms with Crippen LogP contribution in [0.15, 0.2) is 42.5 Å². The molecule has 1 amide bonds. The number of anilines is 1. The van der Waals surface area contributed by atoms with Crippen molar-refractivity contribution in [2.45, 2.75) is 0 Å². The first kappa shape index (κ1) is 13.4. The van der Waals surface area contributed by atoms with Gasteiger partial charge in [0.05, 0.1) is 0 Å². The van der Waals surface area contributed by atoms with E-state index in [0.29, 0.717) is 26.2 Å². The van der Waals surface area contributed by atoms with Gasteiger partial charge in [-0.3, -0.25) is 4.79 Å². The maximum absolute atomic E-state index is 11.4. The van der Waals surface area contributed by atoms with E-state index in [9.17, 15) is 14.7 Å². The number of carboxylic acids is 1. The Kier molecular flexibility index (Phi) is 3.48. The van der Waals surface area contributed by atoms with Gasteiger partial charge in [0.15, 0.2) is 0 Å². The highest BCUT2D eigenvalue weighted by Gasteiger charge is 2.21. The van der Waals surface area contributed by atoms with Crippen molar-refractivity contribution in [1.29, 1.82) is 0 Å². The molecule has 0 unspecified atom stereocenters. The molecule has 0 bridgehead atoms. The van der Waals surface area contributed by atoms with Gasteiger partial charge in [0.25, 0.3) is 5.91 Å².